The third kappa shape index (κ3) is 2.31. The molecule has 0 spiro atoms. The fourth-order valence-corrected chi connectivity index (χ4v) is 1.03. The lowest BCUT2D eigenvalue weighted by atomic mass is 10.1. The van der Waals surface area contributed by atoms with Crippen molar-refractivity contribution in [3.63, 3.8) is 0 Å². The van der Waals surface area contributed by atoms with Gasteiger partial charge in [-0.3, -0.25) is 0 Å². The molecular formula is C7H2Cl2F5N. The summed E-state index contributed by atoms with van der Waals surface area (Å²) in [6.07, 6.45) is -5.35. The number of nitrogens with zero attached hydrogens (tertiary/aromatic N) is 1. The molecule has 1 rings (SSSR count). The highest BCUT2D eigenvalue weighted by molar-refractivity contribution is 6.41. The number of hydrogen-bond acceptors (Lipinski definition) is 1. The highest BCUT2D eigenvalue weighted by Crippen LogP contribution is 2.44. The molecule has 8 heteroatoms. The van der Waals surface area contributed by atoms with E-state index >= 15 is 0 Å². The van der Waals surface area contributed by atoms with Crippen LogP contribution in [0.4, 0.5) is 22.0 Å². The average Bonchev–Trinajstić information content (AvgIpc) is 2.07. The summed E-state index contributed by atoms with van der Waals surface area (Å²) >= 11 is 10.6. The van der Waals surface area contributed by atoms with Gasteiger partial charge in [-0.15, -0.1) is 0 Å². The van der Waals surface area contributed by atoms with Crippen molar-refractivity contribution < 1.29 is 22.0 Å². The fraction of sp³-hybridized carbons (Fsp3) is 0.286. The Bertz CT molecular complexity index is 376. The van der Waals surface area contributed by atoms with Gasteiger partial charge in [-0.2, -0.15) is 22.0 Å². The maximum Gasteiger partial charge on any atom is 0.458 e. The van der Waals surface area contributed by atoms with Crippen molar-refractivity contribution in [2.75, 3.05) is 0 Å². The van der Waals surface area contributed by atoms with Gasteiger partial charge in [-0.25, -0.2) is 4.98 Å². The van der Waals surface area contributed by atoms with Crippen molar-refractivity contribution in [2.24, 2.45) is 0 Å². The largest absolute Gasteiger partial charge is 0.458 e. The van der Waals surface area contributed by atoms with E-state index < -0.39 is 22.7 Å². The molecule has 0 N–H and O–H groups in total. The van der Waals surface area contributed by atoms with E-state index in [-0.39, 0.29) is 5.15 Å². The highest BCUT2D eigenvalue weighted by atomic mass is 35.5. The lowest BCUT2D eigenvalue weighted by molar-refractivity contribution is -0.289. The molecule has 0 fully saturated rings. The molecule has 0 saturated carbocycles. The van der Waals surface area contributed by atoms with Crippen molar-refractivity contribution in [1.29, 1.82) is 0 Å². The molecule has 0 amide bonds. The first-order chi connectivity index (χ1) is 6.66. The number of hydrogen-bond donors (Lipinski definition) is 0. The highest BCUT2D eigenvalue weighted by Gasteiger charge is 2.59. The van der Waals surface area contributed by atoms with Gasteiger partial charge in [0, 0.05) is 6.20 Å². The molecule has 0 atom stereocenters. The van der Waals surface area contributed by atoms with Gasteiger partial charge >= 0.3 is 12.1 Å². The molecule has 1 aromatic rings. The minimum Gasteiger partial charge on any atom is -0.242 e. The van der Waals surface area contributed by atoms with Crippen LogP contribution in [0.3, 0.4) is 0 Å². The van der Waals surface area contributed by atoms with Crippen molar-refractivity contribution in [2.45, 2.75) is 12.1 Å². The van der Waals surface area contributed by atoms with Crippen molar-refractivity contribution >= 4 is 23.2 Å². The summed E-state index contributed by atoms with van der Waals surface area (Å²) in [5, 5.41) is -0.795. The Hall–Kier alpha value is -0.620. The van der Waals surface area contributed by atoms with E-state index in [1.165, 1.54) is 0 Å². The van der Waals surface area contributed by atoms with Crippen LogP contribution in [0, 0.1) is 0 Å². The number of pyridine rings is 1. The zero-order valence-corrected chi connectivity index (χ0v) is 8.26. The van der Waals surface area contributed by atoms with E-state index in [1.54, 1.807) is 0 Å². The SMILES string of the molecule is FC(F)(F)C(F)(F)c1cnc(Cl)c(Cl)c1. The van der Waals surface area contributed by atoms with Crippen LogP contribution in [0.1, 0.15) is 5.56 Å². The van der Waals surface area contributed by atoms with Gasteiger partial charge in [0.1, 0.15) is 5.15 Å². The van der Waals surface area contributed by atoms with Gasteiger partial charge in [0.25, 0.3) is 0 Å². The Morgan fingerprint density at radius 3 is 2.00 bits per heavy atom. The quantitative estimate of drug-likeness (QED) is 0.552. The summed E-state index contributed by atoms with van der Waals surface area (Å²) in [6.45, 7) is 0. The van der Waals surface area contributed by atoms with Gasteiger partial charge in [0.05, 0.1) is 10.6 Å². The predicted molar refractivity (Wildman–Crippen MR) is 44.2 cm³/mol. The molecule has 0 aromatic carbocycles. The first kappa shape index (κ1) is 12.4. The Morgan fingerprint density at radius 1 is 1.07 bits per heavy atom. The summed E-state index contributed by atoms with van der Waals surface area (Å²) in [4.78, 5) is 3.11. The van der Waals surface area contributed by atoms with Crippen LogP contribution < -0.4 is 0 Å². The molecule has 0 bridgehead atoms. The van der Waals surface area contributed by atoms with Crippen LogP contribution in [0.15, 0.2) is 12.3 Å². The fourth-order valence-electron chi connectivity index (χ4n) is 0.757. The Morgan fingerprint density at radius 2 is 1.60 bits per heavy atom. The second-order valence-corrected chi connectivity index (χ2v) is 3.33. The summed E-state index contributed by atoms with van der Waals surface area (Å²) in [6, 6.07) is 0.435. The number of rotatable bonds is 1. The molecular weight excluding hydrogens is 264 g/mol. The standard InChI is InChI=1S/C7H2Cl2F5N/c8-4-1-3(2-15-5(4)9)6(10,11)7(12,13)14/h1-2H. The van der Waals surface area contributed by atoms with Crippen molar-refractivity contribution in [1.82, 2.24) is 4.98 Å². The maximum absolute atomic E-state index is 12.7. The normalized spacial score (nSPS) is 13.0. The predicted octanol–water partition coefficient (Wildman–Crippen LogP) is 4.04. The molecule has 0 unspecified atom stereocenters. The van der Waals surface area contributed by atoms with Crippen LogP contribution in [0.25, 0.3) is 0 Å². The molecule has 15 heavy (non-hydrogen) atoms. The van der Waals surface area contributed by atoms with Crippen LogP contribution >= 0.6 is 23.2 Å². The lowest BCUT2D eigenvalue weighted by Gasteiger charge is -2.19. The van der Waals surface area contributed by atoms with Crippen LogP contribution in [0.5, 0.6) is 0 Å². The second-order valence-electron chi connectivity index (χ2n) is 2.57. The Labute approximate surface area is 90.8 Å². The van der Waals surface area contributed by atoms with Gasteiger partial charge in [-0.05, 0) is 6.07 Å². The van der Waals surface area contributed by atoms with Crippen LogP contribution in [-0.2, 0) is 5.92 Å². The molecule has 0 aliphatic heterocycles. The van der Waals surface area contributed by atoms with Crippen molar-refractivity contribution in [3.8, 4) is 0 Å². The van der Waals surface area contributed by atoms with E-state index in [0.29, 0.717) is 12.3 Å². The van der Waals surface area contributed by atoms with Gasteiger partial charge < -0.3 is 0 Å². The molecule has 1 nitrogen and oxygen atoms in total. The number of halogens is 7. The molecule has 0 radical (unpaired) electrons. The van der Waals surface area contributed by atoms with Crippen molar-refractivity contribution in [3.05, 3.63) is 28.0 Å². The molecule has 0 saturated heterocycles. The van der Waals surface area contributed by atoms with E-state index in [2.05, 4.69) is 4.98 Å². The van der Waals surface area contributed by atoms with E-state index in [1.807, 2.05) is 0 Å². The molecule has 1 heterocycles. The Balaban J connectivity index is 3.22. The van der Waals surface area contributed by atoms with E-state index in [4.69, 9.17) is 23.2 Å². The lowest BCUT2D eigenvalue weighted by Crippen LogP contribution is -2.33. The smallest absolute Gasteiger partial charge is 0.242 e. The van der Waals surface area contributed by atoms with Crippen LogP contribution in [-0.4, -0.2) is 11.2 Å². The number of aromatic nitrogens is 1. The number of alkyl halides is 5. The Kier molecular flexibility index (Phi) is 3.11. The molecule has 0 aliphatic rings. The third-order valence-corrected chi connectivity index (χ3v) is 2.20. The second kappa shape index (κ2) is 3.75. The van der Waals surface area contributed by atoms with Crippen LogP contribution in [0.2, 0.25) is 10.2 Å². The third-order valence-electron chi connectivity index (χ3n) is 1.51. The minimum absolute atomic E-state index is 0.335. The van der Waals surface area contributed by atoms with Gasteiger partial charge in [0.15, 0.2) is 0 Å². The maximum atomic E-state index is 12.7. The summed E-state index contributed by atoms with van der Waals surface area (Å²) in [5.74, 6) is -4.99. The molecule has 1 aromatic heterocycles. The zero-order chi connectivity index (χ0) is 11.9. The van der Waals surface area contributed by atoms with E-state index in [0.717, 1.165) is 0 Å². The zero-order valence-electron chi connectivity index (χ0n) is 6.75. The molecule has 84 valence electrons. The summed E-state index contributed by atoms with van der Waals surface area (Å²) in [7, 11) is 0. The van der Waals surface area contributed by atoms with E-state index in [9.17, 15) is 22.0 Å². The molecule has 0 aliphatic carbocycles. The monoisotopic (exact) mass is 265 g/mol. The van der Waals surface area contributed by atoms with Gasteiger partial charge in [0.2, 0.25) is 0 Å². The first-order valence-corrected chi connectivity index (χ1v) is 4.18. The summed E-state index contributed by atoms with van der Waals surface area (Å²) < 4.78 is 61.1. The average molecular weight is 266 g/mol. The summed E-state index contributed by atoms with van der Waals surface area (Å²) in [5.41, 5.74) is -1.34. The minimum atomic E-state index is -5.69. The van der Waals surface area contributed by atoms with Gasteiger partial charge in [-0.1, -0.05) is 23.2 Å². The first-order valence-electron chi connectivity index (χ1n) is 3.42. The topological polar surface area (TPSA) is 12.9 Å².